The Morgan fingerprint density at radius 2 is 2.06 bits per heavy atom. The summed E-state index contributed by atoms with van der Waals surface area (Å²) < 4.78 is 0. The smallest absolute Gasteiger partial charge is 0.0637 e. The molecule has 1 heterocycles. The summed E-state index contributed by atoms with van der Waals surface area (Å²) in [5.41, 5.74) is 8.68. The molecule has 2 rings (SSSR count). The topological polar surface area (TPSA) is 49.5 Å². The largest absolute Gasteiger partial charge is 0.397 e. The standard InChI is InChI=1S/C14H22N2O/c1-11-4-5-13(12(15)10-11)16-8-3-6-14(2,17)7-9-16/h4-5,10,17H,3,6-9,15H2,1-2H3. The van der Waals surface area contributed by atoms with Crippen LogP contribution in [0.2, 0.25) is 0 Å². The van der Waals surface area contributed by atoms with Gasteiger partial charge in [-0.15, -0.1) is 0 Å². The number of aliphatic hydroxyl groups is 1. The van der Waals surface area contributed by atoms with E-state index in [1.807, 2.05) is 19.9 Å². The van der Waals surface area contributed by atoms with Crippen molar-refractivity contribution in [3.8, 4) is 0 Å². The minimum Gasteiger partial charge on any atom is -0.397 e. The fourth-order valence-corrected chi connectivity index (χ4v) is 2.47. The molecule has 1 aromatic carbocycles. The van der Waals surface area contributed by atoms with Crippen LogP contribution >= 0.6 is 0 Å². The second-order valence-corrected chi connectivity index (χ2v) is 5.40. The molecule has 3 nitrogen and oxygen atoms in total. The van der Waals surface area contributed by atoms with Gasteiger partial charge in [-0.25, -0.2) is 0 Å². The summed E-state index contributed by atoms with van der Waals surface area (Å²) in [7, 11) is 0. The number of nitrogens with two attached hydrogens (primary N) is 1. The lowest BCUT2D eigenvalue weighted by atomic mass is 9.98. The summed E-state index contributed by atoms with van der Waals surface area (Å²) in [4.78, 5) is 2.29. The highest BCUT2D eigenvalue weighted by atomic mass is 16.3. The Bertz CT molecular complexity index is 401. The van der Waals surface area contributed by atoms with E-state index >= 15 is 0 Å². The van der Waals surface area contributed by atoms with Gasteiger partial charge in [-0.2, -0.15) is 0 Å². The average Bonchev–Trinajstić information content (AvgIpc) is 2.40. The van der Waals surface area contributed by atoms with Crippen LogP contribution in [0.4, 0.5) is 11.4 Å². The van der Waals surface area contributed by atoms with Crippen molar-refractivity contribution in [1.82, 2.24) is 0 Å². The minimum atomic E-state index is -0.520. The maximum atomic E-state index is 10.1. The van der Waals surface area contributed by atoms with Crippen molar-refractivity contribution in [1.29, 1.82) is 0 Å². The molecule has 1 aromatic rings. The van der Waals surface area contributed by atoms with Crippen molar-refractivity contribution < 1.29 is 5.11 Å². The lowest BCUT2D eigenvalue weighted by Crippen LogP contribution is -2.28. The zero-order valence-electron chi connectivity index (χ0n) is 10.7. The Morgan fingerprint density at radius 1 is 1.29 bits per heavy atom. The number of aryl methyl sites for hydroxylation is 1. The van der Waals surface area contributed by atoms with Gasteiger partial charge in [0.2, 0.25) is 0 Å². The van der Waals surface area contributed by atoms with Crippen molar-refractivity contribution in [3.05, 3.63) is 23.8 Å². The Kier molecular flexibility index (Phi) is 3.29. The van der Waals surface area contributed by atoms with Crippen LogP contribution < -0.4 is 10.6 Å². The van der Waals surface area contributed by atoms with Crippen LogP contribution in [0, 0.1) is 6.92 Å². The van der Waals surface area contributed by atoms with Crippen molar-refractivity contribution in [3.63, 3.8) is 0 Å². The van der Waals surface area contributed by atoms with Crippen LogP contribution in [-0.2, 0) is 0 Å². The molecule has 0 aromatic heterocycles. The first-order valence-corrected chi connectivity index (χ1v) is 6.31. The molecule has 0 bridgehead atoms. The van der Waals surface area contributed by atoms with Gasteiger partial charge in [-0.1, -0.05) is 6.07 Å². The van der Waals surface area contributed by atoms with E-state index in [9.17, 15) is 5.11 Å². The van der Waals surface area contributed by atoms with E-state index in [1.165, 1.54) is 5.56 Å². The summed E-state index contributed by atoms with van der Waals surface area (Å²) in [6, 6.07) is 6.19. The molecule has 1 atom stereocenters. The van der Waals surface area contributed by atoms with E-state index in [0.717, 1.165) is 43.7 Å². The first kappa shape index (κ1) is 12.2. The fourth-order valence-electron chi connectivity index (χ4n) is 2.47. The fraction of sp³-hybridized carbons (Fsp3) is 0.571. The molecule has 0 aliphatic carbocycles. The molecule has 3 N–H and O–H groups in total. The molecule has 3 heteroatoms. The molecule has 1 saturated heterocycles. The van der Waals surface area contributed by atoms with Crippen LogP contribution in [0.5, 0.6) is 0 Å². The van der Waals surface area contributed by atoms with Crippen LogP contribution in [0.1, 0.15) is 31.7 Å². The van der Waals surface area contributed by atoms with Crippen molar-refractivity contribution >= 4 is 11.4 Å². The van der Waals surface area contributed by atoms with Crippen molar-refractivity contribution in [2.75, 3.05) is 23.7 Å². The summed E-state index contributed by atoms with van der Waals surface area (Å²) >= 11 is 0. The molecule has 0 amide bonds. The Morgan fingerprint density at radius 3 is 2.76 bits per heavy atom. The SMILES string of the molecule is Cc1ccc(N2CCCC(C)(O)CC2)c(N)c1. The van der Waals surface area contributed by atoms with Crippen molar-refractivity contribution in [2.24, 2.45) is 0 Å². The molecule has 1 aliphatic rings. The Balaban J connectivity index is 2.17. The third kappa shape index (κ3) is 2.91. The molecule has 94 valence electrons. The lowest BCUT2D eigenvalue weighted by molar-refractivity contribution is 0.0481. The zero-order valence-corrected chi connectivity index (χ0v) is 10.7. The third-order valence-corrected chi connectivity index (χ3v) is 3.59. The number of nitrogens with zero attached hydrogens (tertiary/aromatic N) is 1. The van der Waals surface area contributed by atoms with E-state index in [-0.39, 0.29) is 0 Å². The normalized spacial score (nSPS) is 25.7. The summed E-state index contributed by atoms with van der Waals surface area (Å²) in [5, 5.41) is 10.1. The predicted molar refractivity (Wildman–Crippen MR) is 72.3 cm³/mol. The predicted octanol–water partition coefficient (Wildman–Crippen LogP) is 2.32. The first-order valence-electron chi connectivity index (χ1n) is 6.31. The van der Waals surface area contributed by atoms with Gasteiger partial charge < -0.3 is 15.7 Å². The molecule has 0 radical (unpaired) electrons. The molecule has 17 heavy (non-hydrogen) atoms. The van der Waals surface area contributed by atoms with Gasteiger partial charge in [0, 0.05) is 13.1 Å². The van der Waals surface area contributed by atoms with Gasteiger partial charge in [-0.3, -0.25) is 0 Å². The number of hydrogen-bond acceptors (Lipinski definition) is 3. The average molecular weight is 234 g/mol. The molecule has 0 spiro atoms. The Labute approximate surface area is 103 Å². The van der Waals surface area contributed by atoms with E-state index in [4.69, 9.17) is 5.73 Å². The zero-order chi connectivity index (χ0) is 12.5. The molecular weight excluding hydrogens is 212 g/mol. The van der Waals surface area contributed by atoms with Crippen LogP contribution in [-0.4, -0.2) is 23.8 Å². The van der Waals surface area contributed by atoms with Gasteiger partial charge in [0.15, 0.2) is 0 Å². The second kappa shape index (κ2) is 4.57. The van der Waals surface area contributed by atoms with Gasteiger partial charge in [0.25, 0.3) is 0 Å². The van der Waals surface area contributed by atoms with E-state index < -0.39 is 5.60 Å². The van der Waals surface area contributed by atoms with Gasteiger partial charge >= 0.3 is 0 Å². The van der Waals surface area contributed by atoms with E-state index in [0.29, 0.717) is 0 Å². The van der Waals surface area contributed by atoms with Gasteiger partial charge in [-0.05, 0) is 50.8 Å². The maximum absolute atomic E-state index is 10.1. The number of rotatable bonds is 1. The summed E-state index contributed by atoms with van der Waals surface area (Å²) in [6.07, 6.45) is 2.69. The molecule has 1 fully saturated rings. The highest BCUT2D eigenvalue weighted by Crippen LogP contribution is 2.29. The highest BCUT2D eigenvalue weighted by Gasteiger charge is 2.25. The summed E-state index contributed by atoms with van der Waals surface area (Å²) in [6.45, 7) is 5.83. The number of hydrogen-bond donors (Lipinski definition) is 2. The highest BCUT2D eigenvalue weighted by molar-refractivity contribution is 5.68. The number of nitrogen functional groups attached to an aromatic ring is 1. The summed E-state index contributed by atoms with van der Waals surface area (Å²) in [5.74, 6) is 0. The minimum absolute atomic E-state index is 0.520. The van der Waals surface area contributed by atoms with Crippen LogP contribution in [0.15, 0.2) is 18.2 Å². The number of anilines is 2. The second-order valence-electron chi connectivity index (χ2n) is 5.40. The van der Waals surface area contributed by atoms with Crippen molar-refractivity contribution in [2.45, 2.75) is 38.7 Å². The first-order chi connectivity index (χ1) is 7.98. The molecule has 1 unspecified atom stereocenters. The van der Waals surface area contributed by atoms with Gasteiger partial charge in [0.1, 0.15) is 0 Å². The quantitative estimate of drug-likeness (QED) is 0.733. The molecular formula is C14H22N2O. The Hall–Kier alpha value is -1.22. The third-order valence-electron chi connectivity index (χ3n) is 3.59. The van der Waals surface area contributed by atoms with Gasteiger partial charge in [0.05, 0.1) is 17.0 Å². The lowest BCUT2D eigenvalue weighted by Gasteiger charge is -2.25. The molecule has 1 aliphatic heterocycles. The van der Waals surface area contributed by atoms with E-state index in [2.05, 4.69) is 17.0 Å². The van der Waals surface area contributed by atoms with Crippen LogP contribution in [0.3, 0.4) is 0 Å². The van der Waals surface area contributed by atoms with E-state index in [1.54, 1.807) is 0 Å². The molecule has 0 saturated carbocycles. The monoisotopic (exact) mass is 234 g/mol. The van der Waals surface area contributed by atoms with Crippen LogP contribution in [0.25, 0.3) is 0 Å². The number of benzene rings is 1. The maximum Gasteiger partial charge on any atom is 0.0637 e.